The molecular weight excluding hydrogens is 554 g/mol. The Morgan fingerprint density at radius 2 is 1.70 bits per heavy atom. The maximum absolute atomic E-state index is 14.9. The largest absolute Gasteiger partial charge is 0.396 e. The number of fused-ring (bicyclic) bond motifs is 1. The van der Waals surface area contributed by atoms with Crippen LogP contribution in [0.1, 0.15) is 43.4 Å². The van der Waals surface area contributed by atoms with Crippen LogP contribution >= 0.6 is 0 Å². The summed E-state index contributed by atoms with van der Waals surface area (Å²) in [7, 11) is 0. The van der Waals surface area contributed by atoms with E-state index in [1.54, 1.807) is 26.9 Å². The number of aliphatic hydroxyl groups is 1. The zero-order valence-corrected chi connectivity index (χ0v) is 26.4. The van der Waals surface area contributed by atoms with Crippen molar-refractivity contribution in [2.24, 2.45) is 17.8 Å². The maximum Gasteiger partial charge on any atom is 0.253 e. The van der Waals surface area contributed by atoms with Crippen molar-refractivity contribution < 1.29 is 24.2 Å². The number of rotatable bonds is 12. The molecule has 1 spiro atoms. The van der Waals surface area contributed by atoms with Gasteiger partial charge in [-0.15, -0.1) is 13.2 Å². The molecule has 0 saturated carbocycles. The maximum atomic E-state index is 14.9. The first-order valence-electron chi connectivity index (χ1n) is 15.6. The van der Waals surface area contributed by atoms with Crippen LogP contribution in [0, 0.1) is 31.6 Å². The van der Waals surface area contributed by atoms with Crippen LogP contribution in [0.15, 0.2) is 73.8 Å². The molecule has 5 rings (SSSR count). The molecule has 0 radical (unpaired) electrons. The molecule has 234 valence electrons. The van der Waals surface area contributed by atoms with Gasteiger partial charge in [-0.25, -0.2) is 0 Å². The van der Waals surface area contributed by atoms with E-state index in [1.165, 1.54) is 0 Å². The van der Waals surface area contributed by atoms with Crippen LogP contribution in [-0.4, -0.2) is 76.1 Å². The third-order valence-corrected chi connectivity index (χ3v) is 10.0. The topological polar surface area (TPSA) is 90.4 Å². The molecule has 3 saturated heterocycles. The van der Waals surface area contributed by atoms with Gasteiger partial charge >= 0.3 is 0 Å². The number of amides is 3. The van der Waals surface area contributed by atoms with Crippen molar-refractivity contribution in [3.05, 3.63) is 90.5 Å². The number of aliphatic hydroxyl groups excluding tert-OH is 1. The molecule has 8 heteroatoms. The van der Waals surface area contributed by atoms with Crippen LogP contribution in [0.2, 0.25) is 0 Å². The number of aryl methyl sites for hydroxylation is 2. The van der Waals surface area contributed by atoms with Crippen LogP contribution in [0.25, 0.3) is 0 Å². The van der Waals surface area contributed by atoms with Crippen LogP contribution in [0.5, 0.6) is 0 Å². The molecule has 6 atom stereocenters. The molecule has 1 N–H and O–H groups in total. The van der Waals surface area contributed by atoms with Crippen molar-refractivity contribution in [1.82, 2.24) is 9.80 Å². The van der Waals surface area contributed by atoms with E-state index in [9.17, 15) is 19.5 Å². The molecule has 8 nitrogen and oxygen atoms in total. The summed E-state index contributed by atoms with van der Waals surface area (Å²) in [6.45, 7) is 16.7. The molecular formula is C36H45N3O5. The third kappa shape index (κ3) is 4.98. The summed E-state index contributed by atoms with van der Waals surface area (Å²) in [5.74, 6) is -2.36. The average molecular weight is 600 g/mol. The van der Waals surface area contributed by atoms with E-state index < -0.39 is 29.1 Å². The highest BCUT2D eigenvalue weighted by Gasteiger charge is 2.80. The van der Waals surface area contributed by atoms with E-state index in [-0.39, 0.29) is 43.3 Å². The van der Waals surface area contributed by atoms with Crippen molar-refractivity contribution in [2.75, 3.05) is 31.1 Å². The van der Waals surface area contributed by atoms with Crippen LogP contribution in [0.3, 0.4) is 0 Å². The van der Waals surface area contributed by atoms with Gasteiger partial charge in [-0.2, -0.15) is 0 Å². The van der Waals surface area contributed by atoms with Crippen LogP contribution in [-0.2, 0) is 25.7 Å². The number of para-hydroxylation sites is 1. The second-order valence-corrected chi connectivity index (χ2v) is 12.8. The summed E-state index contributed by atoms with van der Waals surface area (Å²) in [5.41, 5.74) is 1.52. The van der Waals surface area contributed by atoms with E-state index in [1.807, 2.05) is 69.3 Å². The Bertz CT molecular complexity index is 1420. The summed E-state index contributed by atoms with van der Waals surface area (Å²) in [5, 5.41) is 9.76. The lowest BCUT2D eigenvalue weighted by Crippen LogP contribution is -2.57. The Hall–Kier alpha value is -3.75. The number of hydrogen-bond donors (Lipinski definition) is 1. The van der Waals surface area contributed by atoms with Gasteiger partial charge in [0.2, 0.25) is 11.8 Å². The zero-order valence-electron chi connectivity index (χ0n) is 26.4. The lowest BCUT2D eigenvalue weighted by molar-refractivity contribution is -0.151. The van der Waals surface area contributed by atoms with Crippen molar-refractivity contribution in [3.8, 4) is 0 Å². The van der Waals surface area contributed by atoms with E-state index in [0.717, 1.165) is 22.4 Å². The molecule has 3 fully saturated rings. The van der Waals surface area contributed by atoms with E-state index in [0.29, 0.717) is 25.9 Å². The summed E-state index contributed by atoms with van der Waals surface area (Å²) < 4.78 is 6.96. The average Bonchev–Trinajstić information content (AvgIpc) is 3.51. The minimum Gasteiger partial charge on any atom is -0.396 e. The molecule has 44 heavy (non-hydrogen) atoms. The molecule has 3 aliphatic rings. The Kier molecular flexibility index (Phi) is 8.87. The molecule has 0 aromatic heterocycles. The highest BCUT2D eigenvalue weighted by Crippen LogP contribution is 2.65. The number of anilines is 1. The zero-order chi connectivity index (χ0) is 31.8. The number of nitrogens with zero attached hydrogens (tertiary/aromatic N) is 3. The Labute approximate surface area is 261 Å². The third-order valence-electron chi connectivity index (χ3n) is 10.0. The summed E-state index contributed by atoms with van der Waals surface area (Å²) >= 11 is 0. The van der Waals surface area contributed by atoms with Gasteiger partial charge in [0, 0.05) is 38.5 Å². The Morgan fingerprint density at radius 3 is 2.32 bits per heavy atom. The van der Waals surface area contributed by atoms with Gasteiger partial charge in [0.15, 0.2) is 0 Å². The van der Waals surface area contributed by atoms with E-state index in [4.69, 9.17) is 4.74 Å². The van der Waals surface area contributed by atoms with Gasteiger partial charge in [0.05, 0.1) is 17.4 Å². The summed E-state index contributed by atoms with van der Waals surface area (Å²) in [4.78, 5) is 49.0. The molecule has 2 bridgehead atoms. The minimum absolute atomic E-state index is 0.0797. The summed E-state index contributed by atoms with van der Waals surface area (Å²) in [6, 6.07) is 14.7. The second kappa shape index (κ2) is 12.3. The van der Waals surface area contributed by atoms with Gasteiger partial charge in [0.1, 0.15) is 11.6 Å². The Morgan fingerprint density at radius 1 is 1.05 bits per heavy atom. The molecule has 2 aromatic carbocycles. The highest BCUT2D eigenvalue weighted by atomic mass is 16.5. The lowest BCUT2D eigenvalue weighted by atomic mass is 9.62. The minimum atomic E-state index is -1.18. The number of likely N-dealkylation sites (tertiary alicyclic amines) is 1. The van der Waals surface area contributed by atoms with E-state index >= 15 is 0 Å². The second-order valence-electron chi connectivity index (χ2n) is 12.8. The molecule has 3 heterocycles. The van der Waals surface area contributed by atoms with E-state index in [2.05, 4.69) is 20.1 Å². The number of hydrogen-bond acceptors (Lipinski definition) is 5. The van der Waals surface area contributed by atoms with Gasteiger partial charge in [-0.1, -0.05) is 67.6 Å². The van der Waals surface area contributed by atoms with Gasteiger partial charge in [-0.3, -0.25) is 14.4 Å². The van der Waals surface area contributed by atoms with Crippen molar-refractivity contribution in [3.63, 3.8) is 0 Å². The predicted octanol–water partition coefficient (Wildman–Crippen LogP) is 4.43. The highest BCUT2D eigenvalue weighted by molar-refractivity contribution is 6.05. The van der Waals surface area contributed by atoms with Crippen molar-refractivity contribution >= 4 is 23.4 Å². The van der Waals surface area contributed by atoms with Gasteiger partial charge < -0.3 is 24.5 Å². The first-order valence-corrected chi connectivity index (χ1v) is 15.6. The standard InChI is InChI=1S/C36H45N3O5/c1-7-18-37(23-27-16-10-9-11-17-27)32(41)28-29-33(42)39(20-13-21-40)31(36(29)22-26(5)35(28,6)44-36)34(43)38(19-8-2)30-24(3)14-12-15-25(30)4/h7-12,14-17,26,28-29,31,40H,1-2,13,18-23H2,3-6H3/t26?,28-,29-,31?,35+,36?/m0/s1. The molecule has 2 aromatic rings. The first kappa shape index (κ1) is 31.7. The quantitative estimate of drug-likeness (QED) is 0.365. The number of ether oxygens (including phenoxy) is 1. The fourth-order valence-electron chi connectivity index (χ4n) is 8.06. The normalized spacial score (nSPS) is 28.6. The first-order chi connectivity index (χ1) is 21.0. The number of benzene rings is 2. The van der Waals surface area contributed by atoms with Crippen LogP contribution in [0.4, 0.5) is 5.69 Å². The van der Waals surface area contributed by atoms with Gasteiger partial charge in [0.25, 0.3) is 5.91 Å². The SMILES string of the molecule is C=CCN(Cc1ccccc1)C(=O)[C@@H]1[C@H]2C(=O)N(CCCO)C(C(=O)N(CC=C)c3c(C)cccc3C)C23CC(C)[C@@]1(C)O3. The smallest absolute Gasteiger partial charge is 0.253 e. The number of carbonyl (C=O) groups excluding carboxylic acids is 3. The lowest BCUT2D eigenvalue weighted by Gasteiger charge is -2.39. The molecule has 3 aliphatic heterocycles. The fourth-order valence-corrected chi connectivity index (χ4v) is 8.06. The summed E-state index contributed by atoms with van der Waals surface area (Å²) in [6.07, 6.45) is 4.17. The van der Waals surface area contributed by atoms with Crippen molar-refractivity contribution in [2.45, 2.75) is 64.3 Å². The molecule has 0 aliphatic carbocycles. The predicted molar refractivity (Wildman–Crippen MR) is 171 cm³/mol. The number of carbonyl (C=O) groups is 3. The fraction of sp³-hybridized carbons (Fsp3) is 0.472. The monoisotopic (exact) mass is 599 g/mol. The molecule has 3 amide bonds. The van der Waals surface area contributed by atoms with Gasteiger partial charge in [-0.05, 0) is 56.2 Å². The van der Waals surface area contributed by atoms with Crippen molar-refractivity contribution in [1.29, 1.82) is 0 Å². The van der Waals surface area contributed by atoms with Crippen LogP contribution < -0.4 is 4.90 Å². The Balaban J connectivity index is 1.60. The molecule has 3 unspecified atom stereocenters.